The van der Waals surface area contributed by atoms with Crippen LogP contribution in [0.4, 0.5) is 0 Å². The zero-order valence-electron chi connectivity index (χ0n) is 15.2. The smallest absolute Gasteiger partial charge is 0.307 e. The number of benzene rings is 1. The summed E-state index contributed by atoms with van der Waals surface area (Å²) in [4.78, 5) is 40.8. The monoisotopic (exact) mass is 377 g/mol. The molecule has 0 fully saturated rings. The van der Waals surface area contributed by atoms with Gasteiger partial charge in [-0.05, 0) is 25.5 Å². The first-order valence-corrected chi connectivity index (χ1v) is 9.43. The van der Waals surface area contributed by atoms with E-state index in [0.717, 1.165) is 6.42 Å². The van der Waals surface area contributed by atoms with Crippen LogP contribution < -0.4 is 10.9 Å². The van der Waals surface area contributed by atoms with Crippen LogP contribution in [0.1, 0.15) is 26.7 Å². The number of aromatic nitrogens is 2. The summed E-state index contributed by atoms with van der Waals surface area (Å²) in [7, 11) is 1.30. The van der Waals surface area contributed by atoms with E-state index in [1.54, 1.807) is 24.3 Å². The number of thioether (sulfide) groups is 1. The minimum Gasteiger partial charge on any atom is -0.469 e. The molecule has 2 rings (SSSR count). The highest BCUT2D eigenvalue weighted by Crippen LogP contribution is 2.18. The van der Waals surface area contributed by atoms with Crippen molar-refractivity contribution < 1.29 is 14.3 Å². The first-order chi connectivity index (χ1) is 12.5. The Kier molecular flexibility index (Phi) is 7.20. The average Bonchev–Trinajstić information content (AvgIpc) is 2.65. The van der Waals surface area contributed by atoms with Crippen molar-refractivity contribution in [2.45, 2.75) is 44.4 Å². The molecule has 1 heterocycles. The van der Waals surface area contributed by atoms with Crippen molar-refractivity contribution in [3.8, 4) is 0 Å². The Morgan fingerprint density at radius 1 is 1.35 bits per heavy atom. The Bertz CT molecular complexity index is 850. The van der Waals surface area contributed by atoms with Gasteiger partial charge >= 0.3 is 5.97 Å². The molecule has 140 valence electrons. The van der Waals surface area contributed by atoms with Gasteiger partial charge in [-0.1, -0.05) is 30.8 Å². The summed E-state index contributed by atoms with van der Waals surface area (Å²) in [5, 5.41) is 3.77. The zero-order chi connectivity index (χ0) is 19.1. The topological polar surface area (TPSA) is 90.3 Å². The lowest BCUT2D eigenvalue weighted by molar-refractivity contribution is -0.140. The molecule has 1 N–H and O–H groups in total. The number of fused-ring (bicyclic) bond motifs is 1. The van der Waals surface area contributed by atoms with Crippen LogP contribution in [-0.4, -0.2) is 40.3 Å². The second kappa shape index (κ2) is 9.38. The second-order valence-corrected chi connectivity index (χ2v) is 6.80. The molecule has 0 bridgehead atoms. The van der Waals surface area contributed by atoms with Gasteiger partial charge in [-0.15, -0.1) is 0 Å². The summed E-state index contributed by atoms with van der Waals surface area (Å²) in [6.07, 6.45) is 0.900. The Hall–Kier alpha value is -2.35. The minimum atomic E-state index is -0.407. The molecular weight excluding hydrogens is 354 g/mol. The molecule has 0 spiro atoms. The van der Waals surface area contributed by atoms with E-state index in [1.807, 2.05) is 13.8 Å². The Morgan fingerprint density at radius 3 is 2.77 bits per heavy atom. The van der Waals surface area contributed by atoms with Gasteiger partial charge in [0.15, 0.2) is 5.16 Å². The third-order valence-corrected chi connectivity index (χ3v) is 4.92. The van der Waals surface area contributed by atoms with Crippen molar-refractivity contribution in [2.75, 3.05) is 12.9 Å². The fourth-order valence-electron chi connectivity index (χ4n) is 2.31. The molecule has 1 aromatic heterocycles. The molecule has 2 aromatic rings. The lowest BCUT2D eigenvalue weighted by atomic mass is 10.2. The molecule has 0 aliphatic rings. The first-order valence-electron chi connectivity index (χ1n) is 8.44. The Balaban J connectivity index is 2.28. The predicted octanol–water partition coefficient (Wildman–Crippen LogP) is 1.97. The van der Waals surface area contributed by atoms with E-state index in [1.165, 1.54) is 23.4 Å². The number of carbonyl (C=O) groups excluding carboxylic acids is 2. The zero-order valence-corrected chi connectivity index (χ0v) is 16.0. The second-order valence-electron chi connectivity index (χ2n) is 5.86. The minimum absolute atomic E-state index is 0.0586. The number of hydrogen-bond donors (Lipinski definition) is 1. The van der Waals surface area contributed by atoms with Crippen LogP contribution in [0.5, 0.6) is 0 Å². The van der Waals surface area contributed by atoms with Crippen molar-refractivity contribution in [3.05, 3.63) is 34.6 Å². The highest BCUT2D eigenvalue weighted by molar-refractivity contribution is 7.99. The number of ether oxygens (including phenoxy) is 1. The third kappa shape index (κ3) is 5.08. The van der Waals surface area contributed by atoms with Gasteiger partial charge < -0.3 is 10.1 Å². The van der Waals surface area contributed by atoms with Crippen LogP contribution >= 0.6 is 11.8 Å². The number of rotatable bonds is 8. The summed E-state index contributed by atoms with van der Waals surface area (Å²) in [6, 6.07) is 7.11. The van der Waals surface area contributed by atoms with E-state index in [2.05, 4.69) is 15.0 Å². The number of para-hydroxylation sites is 1. The molecule has 8 heteroatoms. The highest BCUT2D eigenvalue weighted by atomic mass is 32.2. The Labute approximate surface area is 156 Å². The van der Waals surface area contributed by atoms with Gasteiger partial charge in [-0.25, -0.2) is 4.98 Å². The van der Waals surface area contributed by atoms with Crippen LogP contribution in [0.2, 0.25) is 0 Å². The largest absolute Gasteiger partial charge is 0.469 e. The summed E-state index contributed by atoms with van der Waals surface area (Å²) >= 11 is 1.18. The van der Waals surface area contributed by atoms with Crippen LogP contribution in [0.25, 0.3) is 10.9 Å². The molecule has 0 unspecified atom stereocenters. The molecule has 0 aliphatic heterocycles. The van der Waals surface area contributed by atoms with Crippen LogP contribution in [0.3, 0.4) is 0 Å². The van der Waals surface area contributed by atoms with Gasteiger partial charge in [-0.2, -0.15) is 0 Å². The summed E-state index contributed by atoms with van der Waals surface area (Å²) < 4.78 is 6.08. The molecule has 1 amide bonds. The quantitative estimate of drug-likeness (QED) is 0.430. The number of nitrogens with zero attached hydrogens (tertiary/aromatic N) is 2. The van der Waals surface area contributed by atoms with Crippen LogP contribution in [0.15, 0.2) is 34.2 Å². The maximum atomic E-state index is 12.8. The van der Waals surface area contributed by atoms with E-state index in [-0.39, 0.29) is 36.2 Å². The van der Waals surface area contributed by atoms with E-state index < -0.39 is 5.97 Å². The van der Waals surface area contributed by atoms with Crippen molar-refractivity contribution >= 4 is 34.5 Å². The number of amides is 1. The predicted molar refractivity (Wildman–Crippen MR) is 101 cm³/mol. The van der Waals surface area contributed by atoms with Crippen LogP contribution in [0, 0.1) is 0 Å². The van der Waals surface area contributed by atoms with Gasteiger partial charge in [0, 0.05) is 12.6 Å². The number of nitrogens with one attached hydrogen (secondary N) is 1. The summed E-state index contributed by atoms with van der Waals surface area (Å²) in [5.74, 6) is -0.380. The van der Waals surface area contributed by atoms with E-state index >= 15 is 0 Å². The fraction of sp³-hybridized carbons (Fsp3) is 0.444. The number of esters is 1. The van der Waals surface area contributed by atoms with Gasteiger partial charge in [0.1, 0.15) is 0 Å². The fourth-order valence-corrected chi connectivity index (χ4v) is 3.15. The molecule has 26 heavy (non-hydrogen) atoms. The van der Waals surface area contributed by atoms with Crippen molar-refractivity contribution in [1.82, 2.24) is 14.9 Å². The molecular formula is C18H23N3O4S. The lowest BCUT2D eigenvalue weighted by Gasteiger charge is -2.14. The van der Waals surface area contributed by atoms with Gasteiger partial charge in [0.05, 0.1) is 30.2 Å². The highest BCUT2D eigenvalue weighted by Gasteiger charge is 2.15. The van der Waals surface area contributed by atoms with Gasteiger partial charge in [0.2, 0.25) is 5.91 Å². The molecule has 0 aliphatic carbocycles. The normalized spacial score (nSPS) is 12.0. The molecule has 1 aromatic carbocycles. The number of carbonyl (C=O) groups is 2. The van der Waals surface area contributed by atoms with Gasteiger partial charge in [-0.3, -0.25) is 19.0 Å². The van der Waals surface area contributed by atoms with Crippen molar-refractivity contribution in [2.24, 2.45) is 0 Å². The summed E-state index contributed by atoms with van der Waals surface area (Å²) in [5.41, 5.74) is 0.334. The molecule has 0 saturated carbocycles. The maximum absolute atomic E-state index is 12.8. The molecule has 0 radical (unpaired) electrons. The molecule has 7 nitrogen and oxygen atoms in total. The first kappa shape index (κ1) is 20.0. The van der Waals surface area contributed by atoms with Gasteiger partial charge in [0.25, 0.3) is 5.56 Å². The average molecular weight is 377 g/mol. The van der Waals surface area contributed by atoms with E-state index in [9.17, 15) is 14.4 Å². The standard InChI is InChI=1S/C18H23N3O4S/c1-4-12(2)19-15(22)11-26-18-20-14-8-6-5-7-13(14)17(24)21(18)10-9-16(23)25-3/h5-8,12H,4,9-11H2,1-3H3,(H,19,22)/t12-/m1/s1. The van der Waals surface area contributed by atoms with Crippen molar-refractivity contribution in [1.29, 1.82) is 0 Å². The molecule has 1 atom stereocenters. The Morgan fingerprint density at radius 2 is 2.08 bits per heavy atom. The van der Waals surface area contributed by atoms with E-state index in [4.69, 9.17) is 0 Å². The van der Waals surface area contributed by atoms with E-state index in [0.29, 0.717) is 16.1 Å². The van der Waals surface area contributed by atoms with Crippen molar-refractivity contribution in [3.63, 3.8) is 0 Å². The third-order valence-electron chi connectivity index (χ3n) is 3.95. The number of hydrogen-bond acceptors (Lipinski definition) is 6. The van der Waals surface area contributed by atoms with Crippen LogP contribution in [-0.2, 0) is 20.9 Å². The number of methoxy groups -OCH3 is 1. The molecule has 0 saturated heterocycles. The SMILES string of the molecule is CC[C@@H](C)NC(=O)CSc1nc2ccccc2c(=O)n1CCC(=O)OC. The summed E-state index contributed by atoms with van der Waals surface area (Å²) in [6.45, 7) is 4.08. The lowest BCUT2D eigenvalue weighted by Crippen LogP contribution is -2.33. The maximum Gasteiger partial charge on any atom is 0.307 e.